The molecule has 10 heteroatoms. The van der Waals surface area contributed by atoms with E-state index in [0.717, 1.165) is 0 Å². The number of anilines is 2. The minimum Gasteiger partial charge on any atom is -0.497 e. The Labute approximate surface area is 205 Å². The van der Waals surface area contributed by atoms with Crippen molar-refractivity contribution in [1.82, 2.24) is 0 Å². The number of amides is 1. The van der Waals surface area contributed by atoms with Crippen molar-refractivity contribution in [2.45, 2.75) is 18.2 Å². The van der Waals surface area contributed by atoms with Crippen LogP contribution >= 0.6 is 0 Å². The Kier molecular flexibility index (Phi) is 8.08. The molecule has 35 heavy (non-hydrogen) atoms. The van der Waals surface area contributed by atoms with E-state index < -0.39 is 10.0 Å². The van der Waals surface area contributed by atoms with Gasteiger partial charge in [0.2, 0.25) is 11.7 Å². The van der Waals surface area contributed by atoms with E-state index in [-0.39, 0.29) is 17.2 Å². The van der Waals surface area contributed by atoms with E-state index >= 15 is 0 Å². The van der Waals surface area contributed by atoms with Gasteiger partial charge < -0.3 is 24.3 Å². The first-order chi connectivity index (χ1) is 16.7. The van der Waals surface area contributed by atoms with Gasteiger partial charge in [-0.25, -0.2) is 8.42 Å². The number of carbonyl (C=O) groups is 1. The molecule has 0 radical (unpaired) electrons. The summed E-state index contributed by atoms with van der Waals surface area (Å²) in [6, 6.07) is 14.6. The average Bonchev–Trinajstić information content (AvgIpc) is 2.84. The Bertz CT molecular complexity index is 1280. The zero-order chi connectivity index (χ0) is 25.6. The number of nitrogens with one attached hydrogen (secondary N) is 2. The topological polar surface area (TPSA) is 112 Å². The second-order valence-corrected chi connectivity index (χ2v) is 9.22. The first kappa shape index (κ1) is 25.7. The monoisotopic (exact) mass is 500 g/mol. The van der Waals surface area contributed by atoms with Crippen molar-refractivity contribution < 1.29 is 32.2 Å². The predicted octanol–water partition coefficient (Wildman–Crippen LogP) is 4.01. The van der Waals surface area contributed by atoms with Gasteiger partial charge >= 0.3 is 0 Å². The third-order valence-corrected chi connectivity index (χ3v) is 6.72. The molecule has 0 unspecified atom stereocenters. The lowest BCUT2D eigenvalue weighted by atomic mass is 10.1. The average molecular weight is 501 g/mol. The Hall–Kier alpha value is -3.92. The second kappa shape index (κ2) is 11.0. The van der Waals surface area contributed by atoms with Crippen molar-refractivity contribution in [3.8, 4) is 23.0 Å². The van der Waals surface area contributed by atoms with Crippen molar-refractivity contribution in [2.24, 2.45) is 0 Å². The first-order valence-electron chi connectivity index (χ1n) is 10.6. The maximum atomic E-state index is 13.0. The molecule has 1 amide bonds. The summed E-state index contributed by atoms with van der Waals surface area (Å²) in [6.07, 6.45) is 0.0107. The van der Waals surface area contributed by atoms with Gasteiger partial charge in [0.05, 0.1) is 39.8 Å². The molecule has 0 aromatic heterocycles. The molecule has 3 aromatic carbocycles. The summed E-state index contributed by atoms with van der Waals surface area (Å²) in [5, 5.41) is 2.75. The number of methoxy groups -OCH3 is 4. The smallest absolute Gasteiger partial charge is 0.262 e. The van der Waals surface area contributed by atoms with Gasteiger partial charge in [-0.3, -0.25) is 9.52 Å². The van der Waals surface area contributed by atoms with Crippen LogP contribution in [0.25, 0.3) is 0 Å². The molecule has 0 aliphatic rings. The predicted molar refractivity (Wildman–Crippen MR) is 133 cm³/mol. The SMILES string of the molecule is COc1ccc(NS(=O)(=O)c2cc(NC(=O)Cc3cc(OC)c(OC)c(OC)c3)ccc2C)cc1. The van der Waals surface area contributed by atoms with Crippen LogP contribution in [0.15, 0.2) is 59.5 Å². The van der Waals surface area contributed by atoms with Gasteiger partial charge in [0.15, 0.2) is 11.5 Å². The summed E-state index contributed by atoms with van der Waals surface area (Å²) in [5.41, 5.74) is 1.91. The van der Waals surface area contributed by atoms with E-state index in [1.807, 2.05) is 0 Å². The zero-order valence-electron chi connectivity index (χ0n) is 20.2. The fourth-order valence-electron chi connectivity index (χ4n) is 3.46. The van der Waals surface area contributed by atoms with E-state index in [9.17, 15) is 13.2 Å². The van der Waals surface area contributed by atoms with Gasteiger partial charge in [0.25, 0.3) is 10.0 Å². The number of aryl methyl sites for hydroxylation is 1. The van der Waals surface area contributed by atoms with Crippen LogP contribution in [0.2, 0.25) is 0 Å². The Balaban J connectivity index is 1.79. The van der Waals surface area contributed by atoms with E-state index in [2.05, 4.69) is 10.0 Å². The van der Waals surface area contributed by atoms with Crippen molar-refractivity contribution in [2.75, 3.05) is 38.5 Å². The molecule has 186 valence electrons. The Morgan fingerprint density at radius 3 is 1.94 bits per heavy atom. The van der Waals surface area contributed by atoms with Crippen LogP contribution in [0.1, 0.15) is 11.1 Å². The highest BCUT2D eigenvalue weighted by atomic mass is 32.2. The molecule has 0 aliphatic heterocycles. The van der Waals surface area contributed by atoms with Gasteiger partial charge in [-0.05, 0) is 66.6 Å². The summed E-state index contributed by atoms with van der Waals surface area (Å²) in [4.78, 5) is 12.8. The first-order valence-corrected chi connectivity index (χ1v) is 12.0. The van der Waals surface area contributed by atoms with Crippen molar-refractivity contribution in [1.29, 1.82) is 0 Å². The molecule has 3 rings (SSSR count). The molecular weight excluding hydrogens is 472 g/mol. The standard InChI is InChI=1S/C25H28N2O7S/c1-16-6-7-19(15-23(16)35(29,30)27-18-8-10-20(31-2)11-9-18)26-24(28)14-17-12-21(32-3)25(34-5)22(13-17)33-4/h6-13,15,27H,14H2,1-5H3,(H,26,28). The van der Waals surface area contributed by atoms with Crippen LogP contribution in [-0.2, 0) is 21.2 Å². The third kappa shape index (κ3) is 6.15. The summed E-state index contributed by atoms with van der Waals surface area (Å²) in [5.74, 6) is 1.57. The number of hydrogen-bond acceptors (Lipinski definition) is 7. The number of hydrogen-bond donors (Lipinski definition) is 2. The molecule has 0 aliphatic carbocycles. The highest BCUT2D eigenvalue weighted by molar-refractivity contribution is 7.92. The van der Waals surface area contributed by atoms with E-state index in [1.54, 1.807) is 55.5 Å². The summed E-state index contributed by atoms with van der Waals surface area (Å²) in [7, 11) is 2.13. The molecular formula is C25H28N2O7S. The molecule has 9 nitrogen and oxygen atoms in total. The largest absolute Gasteiger partial charge is 0.497 e. The lowest BCUT2D eigenvalue weighted by Gasteiger charge is -2.15. The summed E-state index contributed by atoms with van der Waals surface area (Å²) >= 11 is 0. The number of rotatable bonds is 10. The number of benzene rings is 3. The number of sulfonamides is 1. The Morgan fingerprint density at radius 2 is 1.40 bits per heavy atom. The molecule has 0 saturated heterocycles. The number of carbonyl (C=O) groups excluding carboxylic acids is 1. The lowest BCUT2D eigenvalue weighted by molar-refractivity contribution is -0.115. The van der Waals surface area contributed by atoms with Crippen molar-refractivity contribution >= 4 is 27.3 Å². The molecule has 0 bridgehead atoms. The van der Waals surface area contributed by atoms with Gasteiger partial charge in [-0.15, -0.1) is 0 Å². The zero-order valence-corrected chi connectivity index (χ0v) is 21.0. The maximum absolute atomic E-state index is 13.0. The van der Waals surface area contributed by atoms with Crippen LogP contribution in [0.4, 0.5) is 11.4 Å². The molecule has 0 spiro atoms. The normalized spacial score (nSPS) is 10.9. The van der Waals surface area contributed by atoms with Gasteiger partial charge in [-0.1, -0.05) is 6.07 Å². The maximum Gasteiger partial charge on any atom is 0.262 e. The molecule has 0 fully saturated rings. The highest BCUT2D eigenvalue weighted by Crippen LogP contribution is 2.38. The van der Waals surface area contributed by atoms with Crippen LogP contribution in [-0.4, -0.2) is 42.8 Å². The minimum atomic E-state index is -3.90. The van der Waals surface area contributed by atoms with Crippen LogP contribution < -0.4 is 29.0 Å². The second-order valence-electron chi connectivity index (χ2n) is 7.57. The molecule has 2 N–H and O–H groups in total. The van der Waals surface area contributed by atoms with Crippen LogP contribution in [0.5, 0.6) is 23.0 Å². The third-order valence-electron chi connectivity index (χ3n) is 5.19. The van der Waals surface area contributed by atoms with Crippen molar-refractivity contribution in [3.05, 3.63) is 65.7 Å². The lowest BCUT2D eigenvalue weighted by Crippen LogP contribution is -2.17. The van der Waals surface area contributed by atoms with Gasteiger partial charge in [0.1, 0.15) is 5.75 Å². The molecule has 0 heterocycles. The fraction of sp³-hybridized carbons (Fsp3) is 0.240. The van der Waals surface area contributed by atoms with Gasteiger partial charge in [-0.2, -0.15) is 0 Å². The highest BCUT2D eigenvalue weighted by Gasteiger charge is 2.19. The quantitative estimate of drug-likeness (QED) is 0.433. The van der Waals surface area contributed by atoms with E-state index in [4.69, 9.17) is 18.9 Å². The summed E-state index contributed by atoms with van der Waals surface area (Å²) in [6.45, 7) is 1.68. The molecule has 0 atom stereocenters. The number of ether oxygens (including phenoxy) is 4. The fourth-order valence-corrected chi connectivity index (χ4v) is 4.79. The van der Waals surface area contributed by atoms with Crippen LogP contribution in [0.3, 0.4) is 0 Å². The van der Waals surface area contributed by atoms with Gasteiger partial charge in [0, 0.05) is 11.4 Å². The van der Waals surface area contributed by atoms with Crippen molar-refractivity contribution in [3.63, 3.8) is 0 Å². The van der Waals surface area contributed by atoms with E-state index in [1.165, 1.54) is 34.5 Å². The Morgan fingerprint density at radius 1 is 0.800 bits per heavy atom. The van der Waals surface area contributed by atoms with E-state index in [0.29, 0.717) is 45.5 Å². The summed E-state index contributed by atoms with van der Waals surface area (Å²) < 4.78 is 49.6. The van der Waals surface area contributed by atoms with Crippen LogP contribution in [0, 0.1) is 6.92 Å². The minimum absolute atomic E-state index is 0.0107. The molecule has 3 aromatic rings. The molecule has 0 saturated carbocycles.